The van der Waals surface area contributed by atoms with Crippen LogP contribution in [0.3, 0.4) is 0 Å². The highest BCUT2D eigenvalue weighted by molar-refractivity contribution is 6.42. The van der Waals surface area contributed by atoms with Crippen molar-refractivity contribution < 1.29 is 51.3 Å². The van der Waals surface area contributed by atoms with Crippen molar-refractivity contribution in [2.45, 2.75) is 44.2 Å². The fraction of sp³-hybridized carbons (Fsp3) is 0.389. The van der Waals surface area contributed by atoms with Crippen LogP contribution < -0.4 is 4.74 Å². The number of hydrogen-bond donors (Lipinski definition) is 0. The zero-order valence-electron chi connectivity index (χ0n) is 28.5. The molecule has 0 unspecified atom stereocenters. The molecule has 0 spiro atoms. The van der Waals surface area contributed by atoms with Gasteiger partial charge in [-0.25, -0.2) is 13.6 Å². The summed E-state index contributed by atoms with van der Waals surface area (Å²) >= 11 is 18.5. The largest absolute Gasteiger partial charge is 0.489 e. The predicted octanol–water partition coefficient (Wildman–Crippen LogP) is 8.19. The maximum Gasteiger partial charge on any atom is 0.410 e. The van der Waals surface area contributed by atoms with E-state index in [1.165, 1.54) is 17.0 Å². The number of aryl methyl sites for hydroxylation is 1. The molecule has 0 aromatic heterocycles. The highest BCUT2D eigenvalue weighted by atomic mass is 35.5. The molecule has 1 heterocycles. The molecule has 1 saturated carbocycles. The van der Waals surface area contributed by atoms with Gasteiger partial charge in [0.05, 0.1) is 43.0 Å². The van der Waals surface area contributed by atoms with Crippen LogP contribution in [0.25, 0.3) is 5.57 Å². The Hall–Kier alpha value is -4.31. The average Bonchev–Trinajstić information content (AvgIpc) is 3.98. The van der Waals surface area contributed by atoms with E-state index in [0.717, 1.165) is 17.0 Å². The Labute approximate surface area is 322 Å². The van der Waals surface area contributed by atoms with Crippen molar-refractivity contribution in [3.8, 4) is 5.75 Å². The van der Waals surface area contributed by atoms with Gasteiger partial charge in [-0.05, 0) is 60.6 Å². The lowest BCUT2D eigenvalue weighted by atomic mass is 9.89. The van der Waals surface area contributed by atoms with Crippen molar-refractivity contribution in [2.75, 3.05) is 46.1 Å². The zero-order chi connectivity index (χ0) is 39.0. The predicted molar refractivity (Wildman–Crippen MR) is 190 cm³/mol. The van der Waals surface area contributed by atoms with Gasteiger partial charge >= 0.3 is 6.09 Å². The molecule has 2 aliphatic rings. The lowest BCUT2D eigenvalue weighted by molar-refractivity contribution is -0.758. The smallest absolute Gasteiger partial charge is 0.410 e. The number of nitrogens with zero attached hydrogens (tertiary/aromatic N) is 3. The van der Waals surface area contributed by atoms with E-state index in [9.17, 15) is 28.5 Å². The molecule has 3 aromatic carbocycles. The highest BCUT2D eigenvalue weighted by Crippen LogP contribution is 2.42. The second-order valence-electron chi connectivity index (χ2n) is 12.4. The normalized spacial score (nSPS) is 15.2. The van der Waals surface area contributed by atoms with Crippen molar-refractivity contribution in [3.63, 3.8) is 0 Å². The lowest BCUT2D eigenvalue weighted by Crippen LogP contribution is -2.50. The SMILES string of the molecule is O=C(OCCOCCO[N+](=O)[O-])N1CC(C(=O)N(Cc2cccc(Cl)c2Cl)C2CC2)=C(c2ccc(CCCOc3c(F)ccc(F)c3Cl)cc2)C(F)(F)C1. The van der Waals surface area contributed by atoms with Gasteiger partial charge in [-0.3, -0.25) is 9.69 Å². The van der Waals surface area contributed by atoms with E-state index in [1.54, 1.807) is 30.3 Å². The number of alkyl halides is 2. The molecule has 0 radical (unpaired) electrons. The van der Waals surface area contributed by atoms with Gasteiger partial charge in [0.1, 0.15) is 24.1 Å². The Morgan fingerprint density at radius 1 is 0.926 bits per heavy atom. The fourth-order valence-corrected chi connectivity index (χ4v) is 6.40. The summed E-state index contributed by atoms with van der Waals surface area (Å²) in [5, 5.41) is 9.28. The second kappa shape index (κ2) is 18.3. The van der Waals surface area contributed by atoms with E-state index in [4.69, 9.17) is 49.0 Å². The molecule has 18 heteroatoms. The number of ether oxygens (including phenoxy) is 3. The molecule has 0 saturated heterocycles. The summed E-state index contributed by atoms with van der Waals surface area (Å²) in [6.07, 6.45) is 0.899. The molecule has 3 aromatic rings. The quantitative estimate of drug-likeness (QED) is 0.0440. The number of amides is 2. The monoisotopic (exact) mass is 817 g/mol. The average molecular weight is 819 g/mol. The number of benzene rings is 3. The van der Waals surface area contributed by atoms with E-state index in [-0.39, 0.29) is 66.8 Å². The summed E-state index contributed by atoms with van der Waals surface area (Å²) < 4.78 is 76.0. The van der Waals surface area contributed by atoms with Crippen molar-refractivity contribution >= 4 is 52.4 Å². The molecule has 54 heavy (non-hydrogen) atoms. The Morgan fingerprint density at radius 3 is 2.33 bits per heavy atom. The van der Waals surface area contributed by atoms with Gasteiger partial charge in [0.25, 0.3) is 16.9 Å². The summed E-state index contributed by atoms with van der Waals surface area (Å²) in [5.74, 6) is -6.45. The van der Waals surface area contributed by atoms with Crippen molar-refractivity contribution in [1.29, 1.82) is 0 Å². The maximum atomic E-state index is 16.3. The Morgan fingerprint density at radius 2 is 1.63 bits per heavy atom. The first-order chi connectivity index (χ1) is 25.8. The number of rotatable bonds is 17. The number of carbonyl (C=O) groups excluding carboxylic acids is 2. The molecule has 1 fully saturated rings. The van der Waals surface area contributed by atoms with Crippen LogP contribution in [0.4, 0.5) is 22.4 Å². The molecule has 290 valence electrons. The van der Waals surface area contributed by atoms with Gasteiger partial charge in [0.2, 0.25) is 0 Å². The first-order valence-corrected chi connectivity index (χ1v) is 17.9. The van der Waals surface area contributed by atoms with E-state index in [0.29, 0.717) is 36.8 Å². The molecule has 0 N–H and O–H groups in total. The molecule has 11 nitrogen and oxygen atoms in total. The Bertz CT molecular complexity index is 1880. The molecule has 0 bridgehead atoms. The van der Waals surface area contributed by atoms with Gasteiger partial charge in [0, 0.05) is 23.7 Å². The van der Waals surface area contributed by atoms with Crippen LogP contribution in [0.15, 0.2) is 60.2 Å². The number of carbonyl (C=O) groups is 2. The van der Waals surface area contributed by atoms with Gasteiger partial charge in [-0.2, -0.15) is 8.78 Å². The highest BCUT2D eigenvalue weighted by Gasteiger charge is 2.48. The minimum Gasteiger partial charge on any atom is -0.489 e. The summed E-state index contributed by atoms with van der Waals surface area (Å²) in [6.45, 7) is -2.66. The van der Waals surface area contributed by atoms with Crippen molar-refractivity contribution in [3.05, 3.63) is 114 Å². The van der Waals surface area contributed by atoms with Crippen LogP contribution in [0, 0.1) is 21.7 Å². The van der Waals surface area contributed by atoms with Gasteiger partial charge < -0.3 is 23.9 Å². The van der Waals surface area contributed by atoms with Crippen LogP contribution in [0.5, 0.6) is 5.75 Å². The first kappa shape index (κ1) is 40.9. The van der Waals surface area contributed by atoms with Crippen LogP contribution in [0.1, 0.15) is 36.0 Å². The summed E-state index contributed by atoms with van der Waals surface area (Å²) in [6, 6.07) is 12.6. The van der Waals surface area contributed by atoms with Gasteiger partial charge in [-0.15, -0.1) is 10.1 Å². The van der Waals surface area contributed by atoms with Crippen molar-refractivity contribution in [2.24, 2.45) is 0 Å². The lowest BCUT2D eigenvalue weighted by Gasteiger charge is -2.37. The first-order valence-electron chi connectivity index (χ1n) is 16.7. The molecular weight excluding hydrogens is 785 g/mol. The molecular formula is C36H34Cl3F4N3O8. The fourth-order valence-electron chi connectivity index (χ4n) is 5.82. The van der Waals surface area contributed by atoms with Crippen LogP contribution in [-0.2, 0) is 32.1 Å². The standard InChI is InChI=1S/C36H34Cl3F4N3O8/c37-27-5-1-4-24(31(27)38)19-45(25-10-11-25)34(47)26-20-44(35(48)53-17-15-51-16-18-54-46(49)50)21-36(42,43)30(26)23-8-6-22(7-9-23)3-2-14-52-33-29(41)13-12-28(40)32(33)39/h1,4-9,12-13,25H,2-3,10-11,14-21H2. The summed E-state index contributed by atoms with van der Waals surface area (Å²) in [7, 11) is 0. The third-order valence-electron chi connectivity index (χ3n) is 8.52. The molecule has 5 rings (SSSR count). The third kappa shape index (κ3) is 10.5. The van der Waals surface area contributed by atoms with E-state index in [2.05, 4.69) is 4.84 Å². The minimum absolute atomic E-state index is 0.00850. The van der Waals surface area contributed by atoms with Gasteiger partial charge in [0.15, 0.2) is 11.6 Å². The summed E-state index contributed by atoms with van der Waals surface area (Å²) in [4.78, 5) is 44.0. The van der Waals surface area contributed by atoms with Gasteiger partial charge in [-0.1, -0.05) is 71.2 Å². The van der Waals surface area contributed by atoms with E-state index in [1.807, 2.05) is 0 Å². The molecule has 1 aliphatic heterocycles. The summed E-state index contributed by atoms with van der Waals surface area (Å²) in [5.41, 5.74) is 0.446. The van der Waals surface area contributed by atoms with E-state index >= 15 is 8.78 Å². The Balaban J connectivity index is 1.35. The van der Waals surface area contributed by atoms with Crippen molar-refractivity contribution in [1.82, 2.24) is 9.80 Å². The zero-order valence-corrected chi connectivity index (χ0v) is 30.8. The van der Waals surface area contributed by atoms with Crippen LogP contribution in [0.2, 0.25) is 15.1 Å². The maximum absolute atomic E-state index is 16.3. The molecule has 2 amide bonds. The third-order valence-corrected chi connectivity index (χ3v) is 9.73. The molecule has 1 aliphatic carbocycles. The number of halogens is 7. The topological polar surface area (TPSA) is 121 Å². The second-order valence-corrected chi connectivity index (χ2v) is 13.6. The minimum atomic E-state index is -3.70. The molecule has 0 atom stereocenters. The number of hydrogen-bond acceptors (Lipinski definition) is 8. The van der Waals surface area contributed by atoms with E-state index < -0.39 is 64.1 Å². The van der Waals surface area contributed by atoms with Crippen LogP contribution >= 0.6 is 34.8 Å². The Kier molecular flexibility index (Phi) is 13.9. The van der Waals surface area contributed by atoms with Crippen LogP contribution in [-0.4, -0.2) is 85.0 Å².